The van der Waals surface area contributed by atoms with Gasteiger partial charge in [0.25, 0.3) is 0 Å². The van der Waals surface area contributed by atoms with E-state index in [1.807, 2.05) is 25.1 Å². The molecule has 0 bridgehead atoms. The van der Waals surface area contributed by atoms with Crippen LogP contribution in [-0.2, 0) is 4.79 Å². The van der Waals surface area contributed by atoms with Gasteiger partial charge >= 0.3 is 0 Å². The summed E-state index contributed by atoms with van der Waals surface area (Å²) in [5.41, 5.74) is 9.34. The Kier molecular flexibility index (Phi) is 2.16. The normalized spacial score (nSPS) is 18.2. The number of hydrogen-bond acceptors (Lipinski definition) is 4. The summed E-state index contributed by atoms with van der Waals surface area (Å²) >= 11 is 0. The van der Waals surface area contributed by atoms with Crippen LogP contribution in [0.2, 0.25) is 0 Å². The standard InChI is InChI=1S/C13H13N3O2/c1-7-9-5-8(10-6-15-18-12(10)14)3-4-11(9)16(2)13(7)17/h3-7H,14H2,1-2H3. The van der Waals surface area contributed by atoms with Crippen LogP contribution in [0.25, 0.3) is 11.1 Å². The number of carbonyl (C=O) groups excluding carboxylic acids is 1. The summed E-state index contributed by atoms with van der Waals surface area (Å²) in [6, 6.07) is 5.83. The molecule has 2 N–H and O–H groups in total. The van der Waals surface area contributed by atoms with Gasteiger partial charge < -0.3 is 15.2 Å². The molecule has 18 heavy (non-hydrogen) atoms. The molecule has 1 unspecified atom stereocenters. The van der Waals surface area contributed by atoms with Crippen molar-refractivity contribution in [3.63, 3.8) is 0 Å². The third-order valence-corrected chi connectivity index (χ3v) is 3.47. The highest BCUT2D eigenvalue weighted by Gasteiger charge is 2.31. The Balaban J connectivity index is 2.14. The summed E-state index contributed by atoms with van der Waals surface area (Å²) in [6.07, 6.45) is 1.59. The molecule has 3 rings (SSSR count). The molecule has 2 aromatic rings. The lowest BCUT2D eigenvalue weighted by Gasteiger charge is -2.10. The van der Waals surface area contributed by atoms with Crippen molar-refractivity contribution in [1.29, 1.82) is 0 Å². The number of anilines is 2. The molecule has 0 saturated heterocycles. The number of carbonyl (C=O) groups is 1. The molecule has 92 valence electrons. The lowest BCUT2D eigenvalue weighted by molar-refractivity contribution is -0.118. The van der Waals surface area contributed by atoms with Gasteiger partial charge in [-0.05, 0) is 30.2 Å². The van der Waals surface area contributed by atoms with Gasteiger partial charge in [-0.2, -0.15) is 0 Å². The molecule has 1 aliphatic heterocycles. The molecule has 0 saturated carbocycles. The zero-order valence-corrected chi connectivity index (χ0v) is 10.2. The monoisotopic (exact) mass is 243 g/mol. The number of nitrogens with two attached hydrogens (primary N) is 1. The zero-order valence-electron chi connectivity index (χ0n) is 10.2. The fraction of sp³-hybridized carbons (Fsp3) is 0.231. The van der Waals surface area contributed by atoms with Crippen LogP contribution in [0.5, 0.6) is 0 Å². The Morgan fingerprint density at radius 2 is 2.22 bits per heavy atom. The molecule has 0 radical (unpaired) electrons. The van der Waals surface area contributed by atoms with E-state index in [4.69, 9.17) is 10.3 Å². The number of nitrogens with zero attached hydrogens (tertiary/aromatic N) is 2. The molecule has 1 aliphatic rings. The van der Waals surface area contributed by atoms with Gasteiger partial charge in [0.15, 0.2) is 0 Å². The van der Waals surface area contributed by atoms with E-state index in [2.05, 4.69) is 5.16 Å². The van der Waals surface area contributed by atoms with Crippen LogP contribution in [-0.4, -0.2) is 18.1 Å². The number of aromatic nitrogens is 1. The van der Waals surface area contributed by atoms with Crippen LogP contribution >= 0.6 is 0 Å². The van der Waals surface area contributed by atoms with Gasteiger partial charge in [0.2, 0.25) is 11.8 Å². The van der Waals surface area contributed by atoms with Crippen molar-refractivity contribution < 1.29 is 9.32 Å². The molecule has 1 aromatic heterocycles. The van der Waals surface area contributed by atoms with Crippen molar-refractivity contribution in [1.82, 2.24) is 5.16 Å². The Labute approximate surface area is 104 Å². The fourth-order valence-corrected chi connectivity index (χ4v) is 2.38. The van der Waals surface area contributed by atoms with E-state index in [-0.39, 0.29) is 11.8 Å². The summed E-state index contributed by atoms with van der Waals surface area (Å²) in [4.78, 5) is 13.6. The van der Waals surface area contributed by atoms with Crippen LogP contribution in [0.15, 0.2) is 28.9 Å². The molecule has 5 heteroatoms. The van der Waals surface area contributed by atoms with Gasteiger partial charge in [0.1, 0.15) is 0 Å². The highest BCUT2D eigenvalue weighted by molar-refractivity contribution is 6.04. The number of likely N-dealkylation sites (N-methyl/N-ethyl adjacent to an activating group) is 1. The maximum atomic E-state index is 11.9. The molecular formula is C13H13N3O2. The van der Waals surface area contributed by atoms with Gasteiger partial charge in [-0.3, -0.25) is 4.79 Å². The van der Waals surface area contributed by atoms with E-state index >= 15 is 0 Å². The highest BCUT2D eigenvalue weighted by atomic mass is 16.5. The molecule has 0 spiro atoms. The summed E-state index contributed by atoms with van der Waals surface area (Å²) in [5, 5.41) is 3.66. The second kappa shape index (κ2) is 3.60. The van der Waals surface area contributed by atoms with Gasteiger partial charge in [-0.15, -0.1) is 0 Å². The van der Waals surface area contributed by atoms with Crippen LogP contribution in [0.4, 0.5) is 11.6 Å². The van der Waals surface area contributed by atoms with Crippen molar-refractivity contribution >= 4 is 17.5 Å². The minimum absolute atomic E-state index is 0.112. The Morgan fingerprint density at radius 1 is 1.44 bits per heavy atom. The molecule has 1 aromatic carbocycles. The molecule has 0 fully saturated rings. The van der Waals surface area contributed by atoms with Crippen molar-refractivity contribution in [2.75, 3.05) is 17.7 Å². The number of fused-ring (bicyclic) bond motifs is 1. The first-order valence-electron chi connectivity index (χ1n) is 5.71. The van der Waals surface area contributed by atoms with Crippen molar-refractivity contribution in [3.8, 4) is 11.1 Å². The number of amides is 1. The first kappa shape index (κ1) is 10.8. The number of benzene rings is 1. The van der Waals surface area contributed by atoms with Gasteiger partial charge in [0.05, 0.1) is 17.7 Å². The molecule has 5 nitrogen and oxygen atoms in total. The predicted molar refractivity (Wildman–Crippen MR) is 68.2 cm³/mol. The van der Waals surface area contributed by atoms with E-state index in [1.54, 1.807) is 18.1 Å². The molecular weight excluding hydrogens is 230 g/mol. The number of nitrogen functional groups attached to an aromatic ring is 1. The summed E-state index contributed by atoms with van der Waals surface area (Å²) in [6.45, 7) is 1.91. The smallest absolute Gasteiger partial charge is 0.234 e. The van der Waals surface area contributed by atoms with Crippen LogP contribution < -0.4 is 10.6 Å². The lowest BCUT2D eigenvalue weighted by Crippen LogP contribution is -2.22. The number of rotatable bonds is 1. The minimum Gasteiger partial charge on any atom is -0.367 e. The predicted octanol–water partition coefficient (Wildman–Crippen LogP) is 2.00. The van der Waals surface area contributed by atoms with Crippen molar-refractivity contribution in [3.05, 3.63) is 30.0 Å². The van der Waals surface area contributed by atoms with E-state index in [0.717, 1.165) is 22.4 Å². The van der Waals surface area contributed by atoms with Gasteiger partial charge in [0, 0.05) is 12.7 Å². The second-order valence-electron chi connectivity index (χ2n) is 4.50. The zero-order chi connectivity index (χ0) is 12.9. The maximum absolute atomic E-state index is 11.9. The Bertz CT molecular complexity index is 633. The van der Waals surface area contributed by atoms with Crippen LogP contribution in [0, 0.1) is 0 Å². The first-order chi connectivity index (χ1) is 8.59. The largest absolute Gasteiger partial charge is 0.367 e. The molecule has 1 atom stereocenters. The third-order valence-electron chi connectivity index (χ3n) is 3.47. The highest BCUT2D eigenvalue weighted by Crippen LogP contribution is 2.39. The lowest BCUT2D eigenvalue weighted by atomic mass is 9.98. The van der Waals surface area contributed by atoms with Crippen molar-refractivity contribution in [2.45, 2.75) is 12.8 Å². The molecule has 2 heterocycles. The second-order valence-corrected chi connectivity index (χ2v) is 4.50. The van der Waals surface area contributed by atoms with Crippen LogP contribution in [0.3, 0.4) is 0 Å². The van der Waals surface area contributed by atoms with E-state index < -0.39 is 0 Å². The van der Waals surface area contributed by atoms with Gasteiger partial charge in [-0.1, -0.05) is 11.2 Å². The molecule has 0 aliphatic carbocycles. The first-order valence-corrected chi connectivity index (χ1v) is 5.71. The quantitative estimate of drug-likeness (QED) is 0.831. The van der Waals surface area contributed by atoms with Crippen LogP contribution in [0.1, 0.15) is 18.4 Å². The van der Waals surface area contributed by atoms with Gasteiger partial charge in [-0.25, -0.2) is 0 Å². The van der Waals surface area contributed by atoms with E-state index in [9.17, 15) is 4.79 Å². The average molecular weight is 243 g/mol. The third kappa shape index (κ3) is 1.33. The van der Waals surface area contributed by atoms with E-state index in [0.29, 0.717) is 5.88 Å². The summed E-state index contributed by atoms with van der Waals surface area (Å²) in [7, 11) is 1.79. The Hall–Kier alpha value is -2.30. The SMILES string of the molecule is CC1C(=O)N(C)c2ccc(-c3cnoc3N)cc21. The minimum atomic E-state index is -0.119. The fourth-order valence-electron chi connectivity index (χ4n) is 2.38. The maximum Gasteiger partial charge on any atom is 0.234 e. The average Bonchev–Trinajstić information content (AvgIpc) is 2.89. The van der Waals surface area contributed by atoms with Crippen molar-refractivity contribution in [2.24, 2.45) is 0 Å². The Morgan fingerprint density at radius 3 is 2.89 bits per heavy atom. The summed E-state index contributed by atoms with van der Waals surface area (Å²) < 4.78 is 4.86. The summed E-state index contributed by atoms with van der Waals surface area (Å²) in [5.74, 6) is 0.284. The topological polar surface area (TPSA) is 72.4 Å². The van der Waals surface area contributed by atoms with E-state index in [1.165, 1.54) is 0 Å². The number of hydrogen-bond donors (Lipinski definition) is 1. The molecule has 1 amide bonds.